The van der Waals surface area contributed by atoms with E-state index >= 15 is 0 Å². The van der Waals surface area contributed by atoms with Gasteiger partial charge in [-0.05, 0) is 60.5 Å². The number of carbonyl (C=O) groups excluding carboxylic acids is 2. The molecular weight excluding hydrogens is 288 g/mol. The summed E-state index contributed by atoms with van der Waals surface area (Å²) in [6.07, 6.45) is 1.54. The third-order valence-corrected chi connectivity index (χ3v) is 3.44. The van der Waals surface area contributed by atoms with Crippen LogP contribution in [0.5, 0.6) is 5.75 Å². The van der Waals surface area contributed by atoms with Crippen LogP contribution in [-0.2, 0) is 4.79 Å². The molecule has 106 valence electrons. The molecule has 0 aromatic heterocycles. The predicted octanol–water partition coefficient (Wildman–Crippen LogP) is 3.23. The van der Waals surface area contributed by atoms with Gasteiger partial charge in [0.2, 0.25) is 0 Å². The molecule has 0 unspecified atom stereocenters. The molecule has 4 nitrogen and oxygen atoms in total. The van der Waals surface area contributed by atoms with Crippen LogP contribution in [0.2, 0.25) is 0 Å². The monoisotopic (exact) mass is 299 g/mol. The fourth-order valence-corrected chi connectivity index (χ4v) is 2.60. The lowest BCUT2D eigenvalue weighted by atomic mass is 10.1. The molecule has 0 bridgehead atoms. The molecule has 1 aliphatic heterocycles. The first-order chi connectivity index (χ1) is 9.36. The first kappa shape index (κ1) is 14.5. The highest BCUT2D eigenvalue weighted by Crippen LogP contribution is 2.30. The van der Waals surface area contributed by atoms with E-state index in [1.807, 2.05) is 0 Å². The highest BCUT2D eigenvalue weighted by molar-refractivity contribution is 8.18. The van der Waals surface area contributed by atoms with Gasteiger partial charge in [-0.2, -0.15) is 8.78 Å². The number of ether oxygens (including phenoxy) is 1. The molecule has 0 atom stereocenters. The Balaban J connectivity index is 2.33. The second kappa shape index (κ2) is 5.62. The van der Waals surface area contributed by atoms with Crippen LogP contribution in [0, 0.1) is 13.8 Å². The van der Waals surface area contributed by atoms with Crippen LogP contribution in [0.1, 0.15) is 16.7 Å². The smallest absolute Gasteiger partial charge is 0.387 e. The maximum Gasteiger partial charge on any atom is 0.387 e. The fourth-order valence-electron chi connectivity index (χ4n) is 1.91. The van der Waals surface area contributed by atoms with Crippen molar-refractivity contribution in [1.82, 2.24) is 5.32 Å². The van der Waals surface area contributed by atoms with Gasteiger partial charge in [-0.25, -0.2) is 0 Å². The van der Waals surface area contributed by atoms with Gasteiger partial charge in [0.25, 0.3) is 11.1 Å². The van der Waals surface area contributed by atoms with E-state index in [4.69, 9.17) is 0 Å². The quantitative estimate of drug-likeness (QED) is 0.871. The van der Waals surface area contributed by atoms with Crippen LogP contribution in [0.25, 0.3) is 6.08 Å². The van der Waals surface area contributed by atoms with Gasteiger partial charge in [0.05, 0.1) is 4.91 Å². The summed E-state index contributed by atoms with van der Waals surface area (Å²) >= 11 is 0.805. The third kappa shape index (κ3) is 3.16. The van der Waals surface area contributed by atoms with Crippen molar-refractivity contribution < 1.29 is 23.1 Å². The minimum absolute atomic E-state index is 0.127. The molecule has 2 rings (SSSR count). The summed E-state index contributed by atoms with van der Waals surface area (Å²) in [7, 11) is 0. The van der Waals surface area contributed by atoms with Crippen LogP contribution in [0.4, 0.5) is 13.6 Å². The van der Waals surface area contributed by atoms with E-state index in [1.165, 1.54) is 6.08 Å². The first-order valence-corrected chi connectivity index (χ1v) is 6.49. The number of imide groups is 1. The van der Waals surface area contributed by atoms with Crippen molar-refractivity contribution in [3.05, 3.63) is 33.7 Å². The molecule has 0 spiro atoms. The van der Waals surface area contributed by atoms with E-state index in [9.17, 15) is 18.4 Å². The number of carbonyl (C=O) groups is 2. The molecule has 1 aromatic rings. The predicted molar refractivity (Wildman–Crippen MR) is 71.7 cm³/mol. The van der Waals surface area contributed by atoms with Crippen LogP contribution < -0.4 is 10.1 Å². The maximum atomic E-state index is 12.3. The molecule has 0 aliphatic carbocycles. The number of alkyl halides is 2. The zero-order valence-electron chi connectivity index (χ0n) is 10.7. The van der Waals surface area contributed by atoms with Crippen LogP contribution in [0.15, 0.2) is 17.0 Å². The average molecular weight is 299 g/mol. The number of thioether (sulfide) groups is 1. The van der Waals surface area contributed by atoms with Crippen molar-refractivity contribution in [2.45, 2.75) is 20.5 Å². The molecule has 1 aromatic carbocycles. The van der Waals surface area contributed by atoms with Gasteiger partial charge in [-0.15, -0.1) is 0 Å². The molecule has 1 saturated heterocycles. The summed E-state index contributed by atoms with van der Waals surface area (Å²) < 4.78 is 29.0. The Labute approximate surface area is 118 Å². The van der Waals surface area contributed by atoms with E-state index in [-0.39, 0.29) is 10.7 Å². The average Bonchev–Trinajstić information content (AvgIpc) is 2.62. The Kier molecular flexibility index (Phi) is 4.08. The minimum Gasteiger partial charge on any atom is -0.434 e. The van der Waals surface area contributed by atoms with E-state index in [2.05, 4.69) is 10.1 Å². The zero-order valence-corrected chi connectivity index (χ0v) is 11.5. The molecule has 20 heavy (non-hydrogen) atoms. The second-order valence-corrected chi connectivity index (χ2v) is 5.23. The third-order valence-electron chi connectivity index (χ3n) is 2.63. The lowest BCUT2D eigenvalue weighted by molar-refractivity contribution is -0.115. The standard InChI is InChI=1S/C13H11F2NO3S/c1-6-3-8(4-7(2)10(6)19-12(14)15)5-9-11(17)16-13(18)20-9/h3-5,12H,1-2H3,(H,16,17,18)/b9-5-. The molecule has 0 saturated carbocycles. The summed E-state index contributed by atoms with van der Waals surface area (Å²) in [4.78, 5) is 22.8. The van der Waals surface area contributed by atoms with Crippen molar-refractivity contribution in [1.29, 1.82) is 0 Å². The zero-order chi connectivity index (χ0) is 14.9. The number of nitrogens with one attached hydrogen (secondary N) is 1. The number of hydrogen-bond donors (Lipinski definition) is 1. The van der Waals surface area contributed by atoms with Gasteiger partial charge in [-0.3, -0.25) is 14.9 Å². The molecule has 7 heteroatoms. The number of rotatable bonds is 3. The summed E-state index contributed by atoms with van der Waals surface area (Å²) in [6, 6.07) is 3.24. The summed E-state index contributed by atoms with van der Waals surface area (Å²) in [6.45, 7) is 0.393. The number of hydrogen-bond acceptors (Lipinski definition) is 4. The largest absolute Gasteiger partial charge is 0.434 e. The topological polar surface area (TPSA) is 55.4 Å². The summed E-state index contributed by atoms with van der Waals surface area (Å²) in [5, 5.41) is 1.72. The van der Waals surface area contributed by atoms with Crippen molar-refractivity contribution >= 4 is 29.0 Å². The first-order valence-electron chi connectivity index (χ1n) is 5.67. The SMILES string of the molecule is Cc1cc(/C=C2\SC(=O)NC2=O)cc(C)c1OC(F)F. The molecule has 0 radical (unpaired) electrons. The number of halogens is 2. The van der Waals surface area contributed by atoms with Crippen molar-refractivity contribution in [3.63, 3.8) is 0 Å². The van der Waals surface area contributed by atoms with Gasteiger partial charge >= 0.3 is 6.61 Å². The highest BCUT2D eigenvalue weighted by atomic mass is 32.2. The molecule has 2 amide bonds. The van der Waals surface area contributed by atoms with Crippen molar-refractivity contribution in [2.24, 2.45) is 0 Å². The van der Waals surface area contributed by atoms with Crippen LogP contribution in [0.3, 0.4) is 0 Å². The van der Waals surface area contributed by atoms with Gasteiger partial charge in [-0.1, -0.05) is 0 Å². The van der Waals surface area contributed by atoms with Crippen molar-refractivity contribution in [2.75, 3.05) is 0 Å². The molecule has 1 aliphatic rings. The Morgan fingerprint density at radius 1 is 1.25 bits per heavy atom. The second-order valence-electron chi connectivity index (χ2n) is 4.21. The minimum atomic E-state index is -2.88. The van der Waals surface area contributed by atoms with Gasteiger partial charge in [0.15, 0.2) is 0 Å². The number of benzene rings is 1. The Morgan fingerprint density at radius 3 is 2.30 bits per heavy atom. The lowest BCUT2D eigenvalue weighted by Crippen LogP contribution is -2.17. The maximum absolute atomic E-state index is 12.3. The van der Waals surface area contributed by atoms with E-state index in [0.29, 0.717) is 16.7 Å². The van der Waals surface area contributed by atoms with Crippen LogP contribution >= 0.6 is 11.8 Å². The van der Waals surface area contributed by atoms with E-state index < -0.39 is 17.8 Å². The molecule has 1 heterocycles. The highest BCUT2D eigenvalue weighted by Gasteiger charge is 2.25. The Bertz CT molecular complexity index is 591. The van der Waals surface area contributed by atoms with E-state index in [0.717, 1.165) is 11.8 Å². The van der Waals surface area contributed by atoms with Gasteiger partial charge in [0.1, 0.15) is 5.75 Å². The van der Waals surface area contributed by atoms with Crippen LogP contribution in [-0.4, -0.2) is 17.8 Å². The van der Waals surface area contributed by atoms with Gasteiger partial charge in [0, 0.05) is 0 Å². The Morgan fingerprint density at radius 2 is 1.85 bits per heavy atom. The van der Waals surface area contributed by atoms with E-state index in [1.54, 1.807) is 26.0 Å². The lowest BCUT2D eigenvalue weighted by Gasteiger charge is -2.12. The molecular formula is C13H11F2NO3S. The fraction of sp³-hybridized carbons (Fsp3) is 0.231. The summed E-state index contributed by atoms with van der Waals surface area (Å²) in [5.41, 5.74) is 1.72. The molecule has 1 fully saturated rings. The molecule has 1 N–H and O–H groups in total. The Hall–Kier alpha value is -1.89. The van der Waals surface area contributed by atoms with Crippen molar-refractivity contribution in [3.8, 4) is 5.75 Å². The van der Waals surface area contributed by atoms with Gasteiger partial charge < -0.3 is 4.74 Å². The normalized spacial score (nSPS) is 16.9. The number of amides is 2. The summed E-state index contributed by atoms with van der Waals surface area (Å²) in [5.74, 6) is -0.329. The number of aryl methyl sites for hydroxylation is 2.